The van der Waals surface area contributed by atoms with Crippen molar-refractivity contribution < 1.29 is 9.53 Å². The maximum Gasteiger partial charge on any atom is 0.231 e. The second-order valence-electron chi connectivity index (χ2n) is 8.62. The molecule has 1 fully saturated rings. The van der Waals surface area contributed by atoms with E-state index < -0.39 is 0 Å². The molecule has 0 N–H and O–H groups in total. The van der Waals surface area contributed by atoms with Crippen molar-refractivity contribution in [3.05, 3.63) is 46.1 Å². The molecule has 6 heteroatoms. The van der Waals surface area contributed by atoms with E-state index in [9.17, 15) is 4.79 Å². The van der Waals surface area contributed by atoms with Crippen LogP contribution in [0.5, 0.6) is 11.6 Å². The van der Waals surface area contributed by atoms with Gasteiger partial charge < -0.3 is 4.74 Å². The highest BCUT2D eigenvalue weighted by molar-refractivity contribution is 7.19. The Bertz CT molecular complexity index is 1080. The molecule has 0 unspecified atom stereocenters. The van der Waals surface area contributed by atoms with Crippen molar-refractivity contribution in [1.29, 1.82) is 0 Å². The number of nitrogens with zero attached hydrogens (tertiary/aromatic N) is 3. The zero-order valence-electron chi connectivity index (χ0n) is 17.6. The van der Waals surface area contributed by atoms with Crippen LogP contribution in [0.15, 0.2) is 24.3 Å². The number of ketones is 1. The van der Waals surface area contributed by atoms with Gasteiger partial charge in [0.2, 0.25) is 5.88 Å². The minimum atomic E-state index is 0.0553. The smallest absolute Gasteiger partial charge is 0.231 e. The lowest BCUT2D eigenvalue weighted by molar-refractivity contribution is 0.101. The predicted octanol–water partition coefficient (Wildman–Crippen LogP) is 5.41. The Labute approximate surface area is 181 Å². The molecule has 30 heavy (non-hydrogen) atoms. The molecule has 2 aromatic heterocycles. The monoisotopic (exact) mass is 421 g/mol. The molecule has 5 rings (SSSR count). The topological polar surface area (TPSA) is 55.3 Å². The van der Waals surface area contributed by atoms with Crippen LogP contribution in [-0.4, -0.2) is 33.7 Å². The number of fused-ring (bicyclic) bond motifs is 3. The van der Waals surface area contributed by atoms with Crippen LogP contribution >= 0.6 is 11.3 Å². The Kier molecular flexibility index (Phi) is 5.29. The Morgan fingerprint density at radius 1 is 1.17 bits per heavy atom. The quantitative estimate of drug-likeness (QED) is 0.516. The highest BCUT2D eigenvalue weighted by Gasteiger charge is 2.24. The first-order chi connectivity index (χ1) is 14.6. The summed E-state index contributed by atoms with van der Waals surface area (Å²) in [6, 6.07) is 7.32. The van der Waals surface area contributed by atoms with Gasteiger partial charge in [0.05, 0.1) is 11.9 Å². The lowest BCUT2D eigenvalue weighted by Crippen LogP contribution is -2.32. The van der Waals surface area contributed by atoms with Gasteiger partial charge in [0, 0.05) is 10.4 Å². The lowest BCUT2D eigenvalue weighted by atomic mass is 9.99. The number of thiophene rings is 1. The first-order valence-corrected chi connectivity index (χ1v) is 11.7. The second kappa shape index (κ2) is 8.08. The molecule has 1 aromatic carbocycles. The number of carbonyl (C=O) groups excluding carboxylic acids is 1. The number of hydrogen-bond donors (Lipinski definition) is 0. The number of carbonyl (C=O) groups is 1. The molecule has 156 valence electrons. The number of hydrogen-bond acceptors (Lipinski definition) is 6. The first kappa shape index (κ1) is 19.6. The maximum absolute atomic E-state index is 11.6. The summed E-state index contributed by atoms with van der Waals surface area (Å²) in [6.45, 7) is 6.88. The Morgan fingerprint density at radius 2 is 1.93 bits per heavy atom. The maximum atomic E-state index is 11.6. The van der Waals surface area contributed by atoms with Gasteiger partial charge in [0.25, 0.3) is 0 Å². The van der Waals surface area contributed by atoms with Crippen LogP contribution in [0.3, 0.4) is 0 Å². The number of benzene rings is 1. The van der Waals surface area contributed by atoms with E-state index >= 15 is 0 Å². The molecule has 0 bridgehead atoms. The van der Waals surface area contributed by atoms with Crippen LogP contribution in [-0.2, 0) is 19.4 Å². The van der Waals surface area contributed by atoms with Gasteiger partial charge in [-0.2, -0.15) is 4.98 Å². The van der Waals surface area contributed by atoms with E-state index in [1.165, 1.54) is 29.7 Å². The molecule has 0 atom stereocenters. The molecule has 2 aliphatic rings. The number of aryl methyl sites for hydroxylation is 2. The Balaban J connectivity index is 1.48. The molecule has 0 radical (unpaired) electrons. The number of Topliss-reactive ketones (excluding diaryl/α,β-unsaturated/α-hetero) is 1. The molecular formula is C24H27N3O2S. The van der Waals surface area contributed by atoms with Crippen LogP contribution in [0, 0.1) is 5.92 Å². The van der Waals surface area contributed by atoms with Gasteiger partial charge in [-0.1, -0.05) is 6.92 Å². The van der Waals surface area contributed by atoms with Crippen LogP contribution in [0.25, 0.3) is 10.2 Å². The number of aromatic nitrogens is 2. The standard InChI is InChI=1S/C24H27N3O2S/c1-15-10-12-27(13-11-15)14-21-25-23(29-18-8-6-17(7-9-18)16(2)28)22-19-4-3-5-20(19)30-24(22)26-21/h6-9,15H,3-5,10-14H2,1-2H3. The largest absolute Gasteiger partial charge is 0.438 e. The van der Waals surface area contributed by atoms with Crippen molar-refractivity contribution >= 4 is 27.3 Å². The highest BCUT2D eigenvalue weighted by Crippen LogP contribution is 2.41. The van der Waals surface area contributed by atoms with Crippen molar-refractivity contribution in [1.82, 2.24) is 14.9 Å². The fourth-order valence-electron chi connectivity index (χ4n) is 4.44. The Hall–Kier alpha value is -2.31. The summed E-state index contributed by atoms with van der Waals surface area (Å²) in [5.41, 5.74) is 2.05. The minimum absolute atomic E-state index is 0.0553. The molecule has 1 saturated heterocycles. The van der Waals surface area contributed by atoms with Gasteiger partial charge in [-0.3, -0.25) is 9.69 Å². The van der Waals surface area contributed by atoms with E-state index in [4.69, 9.17) is 14.7 Å². The van der Waals surface area contributed by atoms with Crippen molar-refractivity contribution in [2.45, 2.75) is 52.5 Å². The molecule has 5 nitrogen and oxygen atoms in total. The molecule has 3 heterocycles. The molecule has 0 saturated carbocycles. The molecule has 1 aliphatic heterocycles. The Morgan fingerprint density at radius 3 is 2.67 bits per heavy atom. The molecule has 0 spiro atoms. The third-order valence-corrected chi connectivity index (χ3v) is 7.48. The number of ether oxygens (including phenoxy) is 1. The third kappa shape index (κ3) is 3.86. The lowest BCUT2D eigenvalue weighted by Gasteiger charge is -2.29. The summed E-state index contributed by atoms with van der Waals surface area (Å²) < 4.78 is 6.28. The van der Waals surface area contributed by atoms with Gasteiger partial charge in [-0.15, -0.1) is 11.3 Å². The van der Waals surface area contributed by atoms with Crippen LogP contribution in [0.1, 0.15) is 59.7 Å². The van der Waals surface area contributed by atoms with E-state index in [-0.39, 0.29) is 5.78 Å². The first-order valence-electron chi connectivity index (χ1n) is 10.9. The molecule has 3 aromatic rings. The highest BCUT2D eigenvalue weighted by atomic mass is 32.1. The van der Waals surface area contributed by atoms with E-state index in [1.54, 1.807) is 18.3 Å². The van der Waals surface area contributed by atoms with Crippen molar-refractivity contribution in [2.24, 2.45) is 5.92 Å². The summed E-state index contributed by atoms with van der Waals surface area (Å²) in [5.74, 6) is 3.07. The van der Waals surface area contributed by atoms with E-state index in [0.717, 1.165) is 54.4 Å². The van der Waals surface area contributed by atoms with E-state index in [2.05, 4.69) is 11.8 Å². The summed E-state index contributed by atoms with van der Waals surface area (Å²) in [6.07, 6.45) is 5.87. The van der Waals surface area contributed by atoms with Gasteiger partial charge in [-0.25, -0.2) is 4.98 Å². The SMILES string of the molecule is CC(=O)c1ccc(Oc2nc(CN3CCC(C)CC3)nc3sc4c(c23)CCC4)cc1. The normalized spacial score (nSPS) is 17.4. The van der Waals surface area contributed by atoms with E-state index in [0.29, 0.717) is 17.2 Å². The number of rotatable bonds is 5. The van der Waals surface area contributed by atoms with Crippen LogP contribution < -0.4 is 4.74 Å². The molecule has 1 aliphatic carbocycles. The number of piperidine rings is 1. The minimum Gasteiger partial charge on any atom is -0.438 e. The van der Waals surface area contributed by atoms with Gasteiger partial charge in [-0.05, 0) is 87.9 Å². The van der Waals surface area contributed by atoms with Crippen molar-refractivity contribution in [2.75, 3.05) is 13.1 Å². The summed E-state index contributed by atoms with van der Waals surface area (Å²) in [5, 5.41) is 1.08. The fourth-order valence-corrected chi connectivity index (χ4v) is 5.71. The van der Waals surface area contributed by atoms with Crippen LogP contribution in [0.2, 0.25) is 0 Å². The zero-order chi connectivity index (χ0) is 20.7. The van der Waals surface area contributed by atoms with Crippen LogP contribution in [0.4, 0.5) is 0 Å². The van der Waals surface area contributed by atoms with Crippen molar-refractivity contribution in [3.63, 3.8) is 0 Å². The van der Waals surface area contributed by atoms with Gasteiger partial charge in [0.1, 0.15) is 16.4 Å². The van der Waals surface area contributed by atoms with Crippen molar-refractivity contribution in [3.8, 4) is 11.6 Å². The van der Waals surface area contributed by atoms with Gasteiger partial charge >= 0.3 is 0 Å². The second-order valence-corrected chi connectivity index (χ2v) is 9.71. The average molecular weight is 422 g/mol. The predicted molar refractivity (Wildman–Crippen MR) is 120 cm³/mol. The summed E-state index contributed by atoms with van der Waals surface area (Å²) >= 11 is 1.80. The average Bonchev–Trinajstić information content (AvgIpc) is 3.31. The third-order valence-electron chi connectivity index (χ3n) is 6.29. The zero-order valence-corrected chi connectivity index (χ0v) is 18.4. The van der Waals surface area contributed by atoms with E-state index in [1.807, 2.05) is 24.3 Å². The molecule has 0 amide bonds. The molecular weight excluding hydrogens is 394 g/mol. The summed E-state index contributed by atoms with van der Waals surface area (Å²) in [4.78, 5) is 26.3. The number of likely N-dealkylation sites (tertiary alicyclic amines) is 1. The van der Waals surface area contributed by atoms with Gasteiger partial charge in [0.15, 0.2) is 5.78 Å². The summed E-state index contributed by atoms with van der Waals surface area (Å²) in [7, 11) is 0. The fraction of sp³-hybridized carbons (Fsp3) is 0.458.